The molecular weight excluding hydrogens is 438 g/mol. The number of benzene rings is 2. The standard InChI is InChI=1S/C33H45N3/c1-25(2)36(28(5)27(4)32-16-15-31-13-9-10-14-33(31)23-32)24-26(3)34-21-17-30(18-22-34)29(6)35-19-11-7-8-12-20-35/h9-10,13-16,23,27,30H,1,3,5-8,11-12,17-22,24H2,2,4H3. The van der Waals surface area contributed by atoms with Crippen molar-refractivity contribution in [1.82, 2.24) is 14.7 Å². The summed E-state index contributed by atoms with van der Waals surface area (Å²) in [6.45, 7) is 27.4. The average molecular weight is 484 g/mol. The summed E-state index contributed by atoms with van der Waals surface area (Å²) in [7, 11) is 0. The molecule has 2 aromatic carbocycles. The molecule has 1 unspecified atom stereocenters. The summed E-state index contributed by atoms with van der Waals surface area (Å²) in [6.07, 6.45) is 7.68. The van der Waals surface area contributed by atoms with Gasteiger partial charge in [-0.3, -0.25) is 0 Å². The fourth-order valence-electron chi connectivity index (χ4n) is 5.81. The lowest BCUT2D eigenvalue weighted by Crippen LogP contribution is -2.39. The van der Waals surface area contributed by atoms with Gasteiger partial charge in [0.2, 0.25) is 0 Å². The zero-order valence-corrected chi connectivity index (χ0v) is 22.6. The van der Waals surface area contributed by atoms with Crippen LogP contribution in [0.15, 0.2) is 91.6 Å². The van der Waals surface area contributed by atoms with Crippen molar-refractivity contribution in [2.24, 2.45) is 5.92 Å². The summed E-state index contributed by atoms with van der Waals surface area (Å²) in [5.41, 5.74) is 5.90. The van der Waals surface area contributed by atoms with E-state index in [1.165, 1.54) is 60.8 Å². The second-order valence-electron chi connectivity index (χ2n) is 10.9. The van der Waals surface area contributed by atoms with Crippen LogP contribution in [0.2, 0.25) is 0 Å². The first-order valence-corrected chi connectivity index (χ1v) is 13.8. The molecule has 0 spiro atoms. The van der Waals surface area contributed by atoms with Gasteiger partial charge in [0.25, 0.3) is 0 Å². The molecule has 0 bridgehead atoms. The molecule has 2 aliphatic rings. The fraction of sp³-hybridized carbons (Fsp3) is 0.455. The largest absolute Gasteiger partial charge is 0.375 e. The lowest BCUT2D eigenvalue weighted by Gasteiger charge is -2.40. The van der Waals surface area contributed by atoms with Gasteiger partial charge in [-0.15, -0.1) is 0 Å². The van der Waals surface area contributed by atoms with E-state index in [1.807, 2.05) is 0 Å². The Bertz CT molecular complexity index is 1100. The van der Waals surface area contributed by atoms with Crippen molar-refractivity contribution < 1.29 is 0 Å². The molecule has 2 aliphatic heterocycles. The van der Waals surface area contributed by atoms with Crippen LogP contribution >= 0.6 is 0 Å². The van der Waals surface area contributed by atoms with Gasteiger partial charge in [-0.25, -0.2) is 0 Å². The summed E-state index contributed by atoms with van der Waals surface area (Å²) in [5, 5.41) is 2.54. The summed E-state index contributed by atoms with van der Waals surface area (Å²) in [5.74, 6) is 0.800. The van der Waals surface area contributed by atoms with Crippen molar-refractivity contribution in [3.8, 4) is 0 Å². The number of nitrogens with zero attached hydrogens (tertiary/aromatic N) is 3. The van der Waals surface area contributed by atoms with E-state index in [0.29, 0.717) is 5.92 Å². The SMILES string of the molecule is C=C(CN(C(=C)C)C(=C)C(C)c1ccc2ccccc2c1)N1CCC(C(=C)N2CCCCCC2)CC1. The van der Waals surface area contributed by atoms with E-state index >= 15 is 0 Å². The highest BCUT2D eigenvalue weighted by Gasteiger charge is 2.26. The molecule has 0 N–H and O–H groups in total. The lowest BCUT2D eigenvalue weighted by molar-refractivity contribution is 0.201. The average Bonchev–Trinajstić information content (AvgIpc) is 3.19. The number of piperidine rings is 1. The van der Waals surface area contributed by atoms with Gasteiger partial charge in [-0.05, 0) is 48.9 Å². The van der Waals surface area contributed by atoms with Gasteiger partial charge in [0.05, 0.1) is 6.54 Å². The van der Waals surface area contributed by atoms with Crippen molar-refractivity contribution in [3.63, 3.8) is 0 Å². The zero-order chi connectivity index (χ0) is 25.7. The minimum absolute atomic E-state index is 0.196. The van der Waals surface area contributed by atoms with E-state index in [-0.39, 0.29) is 5.92 Å². The Morgan fingerprint density at radius 2 is 1.50 bits per heavy atom. The second kappa shape index (κ2) is 11.9. The molecular formula is C33H45N3. The highest BCUT2D eigenvalue weighted by atomic mass is 15.2. The van der Waals surface area contributed by atoms with Crippen LogP contribution in [0.3, 0.4) is 0 Å². The molecule has 3 heteroatoms. The predicted octanol–water partition coefficient (Wildman–Crippen LogP) is 7.91. The molecule has 0 radical (unpaired) electrons. The summed E-state index contributed by atoms with van der Waals surface area (Å²) < 4.78 is 0. The van der Waals surface area contributed by atoms with E-state index in [4.69, 9.17) is 0 Å². The highest BCUT2D eigenvalue weighted by molar-refractivity contribution is 5.83. The predicted molar refractivity (Wildman–Crippen MR) is 156 cm³/mol. The van der Waals surface area contributed by atoms with E-state index in [1.54, 1.807) is 0 Å². The van der Waals surface area contributed by atoms with Crippen LogP contribution in [0.5, 0.6) is 0 Å². The highest BCUT2D eigenvalue weighted by Crippen LogP contribution is 2.32. The van der Waals surface area contributed by atoms with Crippen LogP contribution < -0.4 is 0 Å². The normalized spacial score (nSPS) is 17.9. The minimum atomic E-state index is 0.196. The Balaban J connectivity index is 1.35. The maximum absolute atomic E-state index is 4.53. The molecule has 2 heterocycles. The van der Waals surface area contributed by atoms with Gasteiger partial charge >= 0.3 is 0 Å². The van der Waals surface area contributed by atoms with Gasteiger partial charge < -0.3 is 14.7 Å². The number of hydrogen-bond donors (Lipinski definition) is 0. The van der Waals surface area contributed by atoms with Crippen LogP contribution in [0.1, 0.15) is 63.9 Å². The molecule has 0 saturated carbocycles. The smallest absolute Gasteiger partial charge is 0.0618 e. The number of likely N-dealkylation sites (tertiary alicyclic amines) is 2. The van der Waals surface area contributed by atoms with E-state index in [0.717, 1.165) is 49.6 Å². The molecule has 36 heavy (non-hydrogen) atoms. The number of fused-ring (bicyclic) bond motifs is 1. The lowest BCUT2D eigenvalue weighted by atomic mass is 9.92. The second-order valence-corrected chi connectivity index (χ2v) is 10.9. The topological polar surface area (TPSA) is 9.72 Å². The summed E-state index contributed by atoms with van der Waals surface area (Å²) in [6, 6.07) is 15.3. The van der Waals surface area contributed by atoms with Gasteiger partial charge in [0.1, 0.15) is 0 Å². The Hall–Kier alpha value is -2.94. The van der Waals surface area contributed by atoms with E-state index in [2.05, 4.69) is 97.3 Å². The minimum Gasteiger partial charge on any atom is -0.375 e. The van der Waals surface area contributed by atoms with Crippen LogP contribution in [-0.2, 0) is 0 Å². The first-order valence-electron chi connectivity index (χ1n) is 13.8. The van der Waals surface area contributed by atoms with Gasteiger partial charge in [0, 0.05) is 60.8 Å². The maximum atomic E-state index is 4.53. The third-order valence-corrected chi connectivity index (χ3v) is 8.35. The van der Waals surface area contributed by atoms with E-state index in [9.17, 15) is 0 Å². The molecule has 0 aromatic heterocycles. The first-order chi connectivity index (χ1) is 17.3. The zero-order valence-electron chi connectivity index (χ0n) is 22.6. The molecule has 1 atom stereocenters. The summed E-state index contributed by atoms with van der Waals surface area (Å²) in [4.78, 5) is 7.30. The van der Waals surface area contributed by atoms with Crippen molar-refractivity contribution in [1.29, 1.82) is 0 Å². The third-order valence-electron chi connectivity index (χ3n) is 8.35. The number of rotatable bonds is 9. The number of hydrogen-bond acceptors (Lipinski definition) is 3. The van der Waals surface area contributed by atoms with Crippen LogP contribution in [0.4, 0.5) is 0 Å². The Morgan fingerprint density at radius 3 is 2.14 bits per heavy atom. The quantitative estimate of drug-likeness (QED) is 0.359. The van der Waals surface area contributed by atoms with Crippen LogP contribution in [0, 0.1) is 5.92 Å². The van der Waals surface area contributed by atoms with Gasteiger partial charge in [-0.1, -0.05) is 88.5 Å². The maximum Gasteiger partial charge on any atom is 0.0618 e. The number of allylic oxidation sites excluding steroid dienone is 3. The van der Waals surface area contributed by atoms with Gasteiger partial charge in [0.15, 0.2) is 0 Å². The van der Waals surface area contributed by atoms with Crippen molar-refractivity contribution in [3.05, 3.63) is 97.1 Å². The van der Waals surface area contributed by atoms with Crippen molar-refractivity contribution in [2.45, 2.75) is 58.3 Å². The summed E-state index contributed by atoms with van der Waals surface area (Å²) >= 11 is 0. The molecule has 3 nitrogen and oxygen atoms in total. The third kappa shape index (κ3) is 6.06. The molecule has 2 fully saturated rings. The monoisotopic (exact) mass is 483 g/mol. The van der Waals surface area contributed by atoms with Crippen LogP contribution in [0.25, 0.3) is 10.8 Å². The molecule has 4 rings (SSSR count). The van der Waals surface area contributed by atoms with Crippen molar-refractivity contribution >= 4 is 10.8 Å². The van der Waals surface area contributed by atoms with Gasteiger partial charge in [-0.2, -0.15) is 0 Å². The van der Waals surface area contributed by atoms with Crippen LogP contribution in [-0.4, -0.2) is 47.4 Å². The Kier molecular flexibility index (Phi) is 8.61. The van der Waals surface area contributed by atoms with E-state index < -0.39 is 0 Å². The fourth-order valence-corrected chi connectivity index (χ4v) is 5.81. The van der Waals surface area contributed by atoms with Crippen molar-refractivity contribution in [2.75, 3.05) is 32.7 Å². The molecule has 192 valence electrons. The first kappa shape index (κ1) is 26.1. The Labute approximate surface area is 219 Å². The molecule has 2 saturated heterocycles. The molecule has 0 amide bonds. The molecule has 2 aromatic rings. The Morgan fingerprint density at radius 1 is 0.861 bits per heavy atom. The molecule has 0 aliphatic carbocycles.